The highest BCUT2D eigenvalue weighted by molar-refractivity contribution is 5.50. The zero-order valence-electron chi connectivity index (χ0n) is 16.6. The summed E-state index contributed by atoms with van der Waals surface area (Å²) in [4.78, 5) is 7.76. The third-order valence-electron chi connectivity index (χ3n) is 6.13. The van der Waals surface area contributed by atoms with E-state index in [2.05, 4.69) is 70.2 Å². The molecule has 0 N–H and O–H groups in total. The number of hydrogen-bond acceptors (Lipinski definition) is 4. The van der Waals surface area contributed by atoms with Crippen LogP contribution in [0.25, 0.3) is 0 Å². The van der Waals surface area contributed by atoms with E-state index in [1.807, 2.05) is 0 Å². The number of piperazine rings is 1. The van der Waals surface area contributed by atoms with Gasteiger partial charge in [-0.2, -0.15) is 0 Å². The number of rotatable bonds is 4. The molecule has 2 aromatic carbocycles. The number of hydrogen-bond donors (Lipinski definition) is 0. The van der Waals surface area contributed by atoms with Gasteiger partial charge in [-0.15, -0.1) is 0 Å². The lowest BCUT2D eigenvalue weighted by molar-refractivity contribution is 0.160. The number of benzene rings is 2. The SMILES string of the molecule is COc1ccc(N2CCC(N3CCN(c4ccc(C)cc4)CC3)CC2)cc1. The second-order valence-electron chi connectivity index (χ2n) is 7.77. The van der Waals surface area contributed by atoms with E-state index in [-0.39, 0.29) is 0 Å². The topological polar surface area (TPSA) is 19.0 Å². The molecule has 4 heteroatoms. The van der Waals surface area contributed by atoms with Gasteiger partial charge in [-0.1, -0.05) is 17.7 Å². The van der Waals surface area contributed by atoms with Crippen LogP contribution in [0.5, 0.6) is 5.75 Å². The van der Waals surface area contributed by atoms with E-state index in [0.29, 0.717) is 0 Å². The summed E-state index contributed by atoms with van der Waals surface area (Å²) in [5.41, 5.74) is 4.02. The number of ether oxygens (including phenoxy) is 1. The molecule has 0 saturated carbocycles. The molecule has 2 aromatic rings. The van der Waals surface area contributed by atoms with Crippen molar-refractivity contribution in [3.8, 4) is 5.75 Å². The monoisotopic (exact) mass is 365 g/mol. The minimum atomic E-state index is 0.736. The molecule has 4 nitrogen and oxygen atoms in total. The fourth-order valence-electron chi connectivity index (χ4n) is 4.38. The molecular formula is C23H31N3O. The van der Waals surface area contributed by atoms with E-state index < -0.39 is 0 Å². The zero-order chi connectivity index (χ0) is 18.6. The van der Waals surface area contributed by atoms with Crippen molar-refractivity contribution in [1.29, 1.82) is 0 Å². The van der Waals surface area contributed by atoms with Crippen LogP contribution in [0.15, 0.2) is 48.5 Å². The van der Waals surface area contributed by atoms with Crippen LogP contribution in [0.3, 0.4) is 0 Å². The van der Waals surface area contributed by atoms with E-state index in [1.54, 1.807) is 7.11 Å². The predicted octanol–water partition coefficient (Wildman–Crippen LogP) is 3.79. The van der Waals surface area contributed by atoms with Crippen molar-refractivity contribution < 1.29 is 4.74 Å². The van der Waals surface area contributed by atoms with Gasteiger partial charge in [0.05, 0.1) is 7.11 Å². The minimum Gasteiger partial charge on any atom is -0.497 e. The van der Waals surface area contributed by atoms with Crippen molar-refractivity contribution >= 4 is 11.4 Å². The Labute approximate surface area is 163 Å². The third-order valence-corrected chi connectivity index (χ3v) is 6.13. The van der Waals surface area contributed by atoms with Gasteiger partial charge in [-0.3, -0.25) is 4.90 Å². The summed E-state index contributed by atoms with van der Waals surface area (Å²) < 4.78 is 5.27. The van der Waals surface area contributed by atoms with Gasteiger partial charge in [0.1, 0.15) is 5.75 Å². The summed E-state index contributed by atoms with van der Waals surface area (Å²) in [5.74, 6) is 0.931. The van der Waals surface area contributed by atoms with E-state index in [4.69, 9.17) is 4.74 Å². The number of methoxy groups -OCH3 is 1. The van der Waals surface area contributed by atoms with E-state index in [0.717, 1.165) is 38.0 Å². The summed E-state index contributed by atoms with van der Waals surface area (Å²) in [6.45, 7) is 9.09. The minimum absolute atomic E-state index is 0.736. The molecule has 2 saturated heterocycles. The van der Waals surface area contributed by atoms with Crippen molar-refractivity contribution in [3.63, 3.8) is 0 Å². The fourth-order valence-corrected chi connectivity index (χ4v) is 4.38. The molecule has 144 valence electrons. The van der Waals surface area contributed by atoms with E-state index in [9.17, 15) is 0 Å². The molecule has 0 atom stereocenters. The lowest BCUT2D eigenvalue weighted by atomic mass is 10.0. The van der Waals surface area contributed by atoms with Gasteiger partial charge >= 0.3 is 0 Å². The molecule has 0 unspecified atom stereocenters. The third kappa shape index (κ3) is 4.22. The average molecular weight is 366 g/mol. The molecule has 27 heavy (non-hydrogen) atoms. The van der Waals surface area contributed by atoms with Crippen molar-refractivity contribution in [2.24, 2.45) is 0 Å². The van der Waals surface area contributed by atoms with Crippen LogP contribution in [0.1, 0.15) is 18.4 Å². The lowest BCUT2D eigenvalue weighted by Crippen LogP contribution is -2.53. The molecule has 0 bridgehead atoms. The quantitative estimate of drug-likeness (QED) is 0.820. The Bertz CT molecular complexity index is 712. The Kier molecular flexibility index (Phi) is 5.53. The maximum Gasteiger partial charge on any atom is 0.119 e. The van der Waals surface area contributed by atoms with Crippen LogP contribution in [0.2, 0.25) is 0 Å². The first kappa shape index (κ1) is 18.2. The first-order valence-corrected chi connectivity index (χ1v) is 10.2. The van der Waals surface area contributed by atoms with Gasteiger partial charge in [0.15, 0.2) is 0 Å². The molecule has 0 aromatic heterocycles. The number of anilines is 2. The molecule has 0 spiro atoms. The highest BCUT2D eigenvalue weighted by atomic mass is 16.5. The smallest absolute Gasteiger partial charge is 0.119 e. The molecular weight excluding hydrogens is 334 g/mol. The molecule has 4 rings (SSSR count). The van der Waals surface area contributed by atoms with Gasteiger partial charge < -0.3 is 14.5 Å². The molecule has 2 heterocycles. The molecule has 2 aliphatic rings. The maximum atomic E-state index is 5.27. The van der Waals surface area contributed by atoms with Crippen molar-refractivity contribution in [2.45, 2.75) is 25.8 Å². The molecule has 2 fully saturated rings. The normalized spacial score (nSPS) is 19.3. The summed E-state index contributed by atoms with van der Waals surface area (Å²) in [6, 6.07) is 18.2. The van der Waals surface area contributed by atoms with Gasteiger partial charge in [-0.05, 0) is 56.2 Å². The van der Waals surface area contributed by atoms with Crippen LogP contribution in [0.4, 0.5) is 11.4 Å². The Balaban J connectivity index is 1.27. The number of aryl methyl sites for hydroxylation is 1. The van der Waals surface area contributed by atoms with Gasteiger partial charge in [-0.25, -0.2) is 0 Å². The Morgan fingerprint density at radius 1 is 0.704 bits per heavy atom. The van der Waals surface area contributed by atoms with Crippen molar-refractivity contribution in [3.05, 3.63) is 54.1 Å². The molecule has 0 amide bonds. The van der Waals surface area contributed by atoms with E-state index >= 15 is 0 Å². The van der Waals surface area contributed by atoms with E-state index in [1.165, 1.54) is 42.9 Å². The first-order valence-electron chi connectivity index (χ1n) is 10.2. The second kappa shape index (κ2) is 8.22. The van der Waals surface area contributed by atoms with Crippen LogP contribution in [-0.2, 0) is 0 Å². The highest BCUT2D eigenvalue weighted by Gasteiger charge is 2.27. The van der Waals surface area contributed by atoms with Crippen LogP contribution < -0.4 is 14.5 Å². The largest absolute Gasteiger partial charge is 0.497 e. The Morgan fingerprint density at radius 2 is 1.22 bits per heavy atom. The number of piperidine rings is 1. The highest BCUT2D eigenvalue weighted by Crippen LogP contribution is 2.26. The van der Waals surface area contributed by atoms with Gasteiger partial charge in [0, 0.05) is 56.7 Å². The maximum absolute atomic E-state index is 5.27. The van der Waals surface area contributed by atoms with Crippen molar-refractivity contribution in [2.75, 3.05) is 56.2 Å². The Morgan fingerprint density at radius 3 is 1.78 bits per heavy atom. The molecule has 2 aliphatic heterocycles. The summed E-state index contributed by atoms with van der Waals surface area (Å²) in [6.07, 6.45) is 2.52. The summed E-state index contributed by atoms with van der Waals surface area (Å²) in [7, 11) is 1.72. The van der Waals surface area contributed by atoms with Crippen LogP contribution >= 0.6 is 0 Å². The van der Waals surface area contributed by atoms with Gasteiger partial charge in [0.25, 0.3) is 0 Å². The first-order chi connectivity index (χ1) is 13.2. The average Bonchev–Trinajstić information content (AvgIpc) is 2.75. The molecule has 0 radical (unpaired) electrons. The summed E-state index contributed by atoms with van der Waals surface area (Å²) in [5, 5.41) is 0. The lowest BCUT2D eigenvalue weighted by Gasteiger charge is -2.43. The van der Waals surface area contributed by atoms with Crippen molar-refractivity contribution in [1.82, 2.24) is 4.90 Å². The zero-order valence-corrected chi connectivity index (χ0v) is 16.6. The molecule has 0 aliphatic carbocycles. The summed E-state index contributed by atoms with van der Waals surface area (Å²) >= 11 is 0. The second-order valence-corrected chi connectivity index (χ2v) is 7.77. The number of nitrogens with zero attached hydrogens (tertiary/aromatic N) is 3. The van der Waals surface area contributed by atoms with Crippen LogP contribution in [-0.4, -0.2) is 57.3 Å². The standard InChI is InChI=1S/C23H31N3O/c1-19-3-5-20(6-4-19)25-15-17-26(18-16-25)22-11-13-24(14-12-22)21-7-9-23(27-2)10-8-21/h3-10,22H,11-18H2,1-2H3. The van der Waals surface area contributed by atoms with Gasteiger partial charge in [0.2, 0.25) is 0 Å². The predicted molar refractivity (Wildman–Crippen MR) is 113 cm³/mol. The Hall–Kier alpha value is -2.20. The van der Waals surface area contributed by atoms with Crippen LogP contribution in [0, 0.1) is 6.92 Å². The fraction of sp³-hybridized carbons (Fsp3) is 0.478.